The number of nitro benzene ring substituents is 1. The molecule has 0 fully saturated rings. The molecule has 0 heterocycles. The summed E-state index contributed by atoms with van der Waals surface area (Å²) in [4.78, 5) is 21.2. The average molecular weight is 321 g/mol. The number of non-ortho nitro benzene ring substituents is 1. The van der Waals surface area contributed by atoms with Gasteiger partial charge in [-0.3, -0.25) is 14.9 Å². The van der Waals surface area contributed by atoms with E-state index in [1.807, 2.05) is 0 Å². The number of aliphatic hydroxyl groups is 1. The van der Waals surface area contributed by atoms with E-state index >= 15 is 0 Å². The second-order valence-electron chi connectivity index (χ2n) is 2.87. The van der Waals surface area contributed by atoms with Crippen LogP contribution in [0.5, 0.6) is 0 Å². The topological polar surface area (TPSA) is 80.4 Å². The maximum Gasteiger partial charge on any atom is 0.269 e. The van der Waals surface area contributed by atoms with Gasteiger partial charge >= 0.3 is 0 Å². The molecule has 1 aromatic carbocycles. The molecule has 15 heavy (non-hydrogen) atoms. The van der Waals surface area contributed by atoms with Crippen LogP contribution < -0.4 is 0 Å². The molecule has 0 bridgehead atoms. The lowest BCUT2D eigenvalue weighted by Crippen LogP contribution is -2.06. The van der Waals surface area contributed by atoms with Crippen LogP contribution in [-0.4, -0.2) is 19.9 Å². The molecule has 1 N–H and O–H groups in total. The van der Waals surface area contributed by atoms with Gasteiger partial charge in [-0.15, -0.1) is 0 Å². The molecule has 0 radical (unpaired) electrons. The smallest absolute Gasteiger partial charge is 0.269 e. The Labute approximate surface area is 99.4 Å². The zero-order valence-corrected chi connectivity index (χ0v) is 9.75. The highest BCUT2D eigenvalue weighted by Gasteiger charge is 2.11. The first-order chi connectivity index (χ1) is 7.00. The van der Waals surface area contributed by atoms with Gasteiger partial charge in [0.25, 0.3) is 5.69 Å². The number of Topliss-reactive ketones (excluding diaryl/α,β-unsaturated/α-hetero) is 1. The molecule has 0 aliphatic carbocycles. The second kappa shape index (κ2) is 5.17. The molecule has 0 amide bonds. The predicted molar refractivity (Wildman–Crippen MR) is 62.1 cm³/mol. The SMILES string of the molecule is O=C(CC(O)I)c1ccc([N+](=O)[O-])cc1. The number of alkyl halides is 1. The van der Waals surface area contributed by atoms with Gasteiger partial charge in [-0.1, -0.05) is 22.6 Å². The van der Waals surface area contributed by atoms with Crippen LogP contribution in [0.4, 0.5) is 5.69 Å². The van der Waals surface area contributed by atoms with E-state index in [-0.39, 0.29) is 17.9 Å². The van der Waals surface area contributed by atoms with Crippen molar-refractivity contribution < 1.29 is 14.8 Å². The Balaban J connectivity index is 2.80. The first-order valence-electron chi connectivity index (χ1n) is 4.10. The van der Waals surface area contributed by atoms with Crippen molar-refractivity contribution in [3.8, 4) is 0 Å². The number of aliphatic hydroxyl groups excluding tert-OH is 1. The van der Waals surface area contributed by atoms with Gasteiger partial charge in [-0.2, -0.15) is 0 Å². The van der Waals surface area contributed by atoms with Crippen molar-refractivity contribution >= 4 is 34.1 Å². The van der Waals surface area contributed by atoms with Gasteiger partial charge in [-0.05, 0) is 12.1 Å². The monoisotopic (exact) mass is 321 g/mol. The van der Waals surface area contributed by atoms with Crippen molar-refractivity contribution in [3.05, 3.63) is 39.9 Å². The van der Waals surface area contributed by atoms with Crippen LogP contribution in [-0.2, 0) is 0 Å². The molecule has 6 heteroatoms. The standard InChI is InChI=1S/C9H8INO4/c10-9(13)5-8(12)6-1-3-7(4-2-6)11(14)15/h1-4,9,13H,5H2. The van der Waals surface area contributed by atoms with E-state index in [0.29, 0.717) is 5.56 Å². The number of hydrogen-bond donors (Lipinski definition) is 1. The Morgan fingerprint density at radius 2 is 2.00 bits per heavy atom. The van der Waals surface area contributed by atoms with E-state index in [4.69, 9.17) is 5.11 Å². The summed E-state index contributed by atoms with van der Waals surface area (Å²) in [6.07, 6.45) is 0.0123. The summed E-state index contributed by atoms with van der Waals surface area (Å²) >= 11 is 1.73. The highest BCUT2D eigenvalue weighted by molar-refractivity contribution is 14.1. The molecule has 0 aliphatic rings. The lowest BCUT2D eigenvalue weighted by molar-refractivity contribution is -0.384. The molecule has 0 aromatic heterocycles. The van der Waals surface area contributed by atoms with Crippen molar-refractivity contribution in [2.75, 3.05) is 0 Å². The zero-order valence-electron chi connectivity index (χ0n) is 7.59. The Bertz CT molecular complexity index is 374. The summed E-state index contributed by atoms with van der Waals surface area (Å²) < 4.78 is -0.731. The van der Waals surface area contributed by atoms with Gasteiger partial charge in [0.1, 0.15) is 4.11 Å². The van der Waals surface area contributed by atoms with Gasteiger partial charge in [0.05, 0.1) is 4.92 Å². The third-order valence-electron chi connectivity index (χ3n) is 1.75. The third-order valence-corrected chi connectivity index (χ3v) is 2.19. The number of carbonyl (C=O) groups is 1. The minimum Gasteiger partial charge on any atom is -0.382 e. The molecule has 1 unspecified atom stereocenters. The molecule has 0 saturated carbocycles. The van der Waals surface area contributed by atoms with Crippen LogP contribution >= 0.6 is 22.6 Å². The number of carbonyl (C=O) groups excluding carboxylic acids is 1. The molecule has 0 saturated heterocycles. The van der Waals surface area contributed by atoms with Crippen LogP contribution in [0.25, 0.3) is 0 Å². The van der Waals surface area contributed by atoms with Gasteiger partial charge in [0.2, 0.25) is 0 Å². The van der Waals surface area contributed by atoms with Crippen LogP contribution in [0.3, 0.4) is 0 Å². The van der Waals surface area contributed by atoms with Gasteiger partial charge in [-0.25, -0.2) is 0 Å². The first kappa shape index (κ1) is 12.1. The third kappa shape index (κ3) is 3.56. The van der Waals surface area contributed by atoms with Crippen LogP contribution in [0.2, 0.25) is 0 Å². The van der Waals surface area contributed by atoms with Crippen molar-refractivity contribution in [1.29, 1.82) is 0 Å². The predicted octanol–water partition coefficient (Wildman–Crippen LogP) is 1.92. The number of halogens is 1. The summed E-state index contributed by atoms with van der Waals surface area (Å²) in [6.45, 7) is 0. The van der Waals surface area contributed by atoms with Gasteiger partial charge in [0, 0.05) is 24.1 Å². The minimum atomic E-state index is -0.731. The van der Waals surface area contributed by atoms with E-state index in [9.17, 15) is 14.9 Å². The fourth-order valence-corrected chi connectivity index (χ4v) is 1.44. The number of rotatable bonds is 4. The summed E-state index contributed by atoms with van der Waals surface area (Å²) in [5.41, 5.74) is 0.317. The molecule has 1 rings (SSSR count). The largest absolute Gasteiger partial charge is 0.382 e. The minimum absolute atomic E-state index is 0.0123. The maximum absolute atomic E-state index is 11.4. The molecule has 80 valence electrons. The number of nitro groups is 1. The van der Waals surface area contributed by atoms with E-state index in [1.165, 1.54) is 24.3 Å². The molecular formula is C9H8INO4. The average Bonchev–Trinajstić information content (AvgIpc) is 2.17. The van der Waals surface area contributed by atoms with Crippen molar-refractivity contribution in [2.45, 2.75) is 10.5 Å². The fraction of sp³-hybridized carbons (Fsp3) is 0.222. The molecular weight excluding hydrogens is 313 g/mol. The lowest BCUT2D eigenvalue weighted by Gasteiger charge is -2.01. The van der Waals surface area contributed by atoms with Crippen LogP contribution in [0.1, 0.15) is 16.8 Å². The Morgan fingerprint density at radius 1 is 1.47 bits per heavy atom. The Morgan fingerprint density at radius 3 is 2.40 bits per heavy atom. The van der Waals surface area contributed by atoms with Crippen molar-refractivity contribution in [2.24, 2.45) is 0 Å². The van der Waals surface area contributed by atoms with Crippen LogP contribution in [0.15, 0.2) is 24.3 Å². The molecule has 0 spiro atoms. The fourth-order valence-electron chi connectivity index (χ4n) is 1.04. The Hall–Kier alpha value is -1.02. The molecule has 5 nitrogen and oxygen atoms in total. The molecule has 0 aliphatic heterocycles. The summed E-state index contributed by atoms with van der Waals surface area (Å²) in [7, 11) is 0. The highest BCUT2D eigenvalue weighted by Crippen LogP contribution is 2.14. The normalized spacial score (nSPS) is 12.1. The highest BCUT2D eigenvalue weighted by atomic mass is 127. The van der Waals surface area contributed by atoms with Crippen molar-refractivity contribution in [3.63, 3.8) is 0 Å². The Kier molecular flexibility index (Phi) is 4.15. The number of nitrogens with zero attached hydrogens (tertiary/aromatic N) is 1. The summed E-state index contributed by atoms with van der Waals surface area (Å²) in [5, 5.41) is 19.3. The lowest BCUT2D eigenvalue weighted by atomic mass is 10.1. The zero-order chi connectivity index (χ0) is 11.4. The summed E-state index contributed by atoms with van der Waals surface area (Å²) in [6, 6.07) is 5.32. The molecule has 1 atom stereocenters. The second-order valence-corrected chi connectivity index (χ2v) is 4.30. The van der Waals surface area contributed by atoms with E-state index in [1.54, 1.807) is 22.6 Å². The van der Waals surface area contributed by atoms with E-state index in [2.05, 4.69) is 0 Å². The number of benzene rings is 1. The quantitative estimate of drug-likeness (QED) is 0.302. The van der Waals surface area contributed by atoms with Gasteiger partial charge in [0.15, 0.2) is 5.78 Å². The number of ketones is 1. The number of hydrogen-bond acceptors (Lipinski definition) is 4. The summed E-state index contributed by atoms with van der Waals surface area (Å²) in [5.74, 6) is -0.230. The van der Waals surface area contributed by atoms with Gasteiger partial charge < -0.3 is 5.11 Å². The first-order valence-corrected chi connectivity index (χ1v) is 5.35. The van der Waals surface area contributed by atoms with E-state index in [0.717, 1.165) is 0 Å². The van der Waals surface area contributed by atoms with Crippen LogP contribution in [0, 0.1) is 10.1 Å². The molecule has 1 aromatic rings. The van der Waals surface area contributed by atoms with Crippen molar-refractivity contribution in [1.82, 2.24) is 0 Å². The maximum atomic E-state index is 11.4. The van der Waals surface area contributed by atoms with E-state index < -0.39 is 9.03 Å².